The summed E-state index contributed by atoms with van der Waals surface area (Å²) in [6.45, 7) is 12.9. The maximum Gasteiger partial charge on any atom is 0.351 e. The van der Waals surface area contributed by atoms with Crippen molar-refractivity contribution in [3.63, 3.8) is 0 Å². The van der Waals surface area contributed by atoms with E-state index >= 15 is 0 Å². The molecule has 0 amide bonds. The Labute approximate surface area is 246 Å². The smallest absolute Gasteiger partial charge is 0.351 e. The van der Waals surface area contributed by atoms with Crippen molar-refractivity contribution in [1.29, 1.82) is 0 Å². The van der Waals surface area contributed by atoms with E-state index < -0.39 is 84.7 Å². The first kappa shape index (κ1) is 33.4. The van der Waals surface area contributed by atoms with Gasteiger partial charge in [-0.15, -0.1) is 0 Å². The van der Waals surface area contributed by atoms with Crippen LogP contribution in [0.5, 0.6) is 0 Å². The number of rotatable bonds is 12. The Morgan fingerprint density at radius 1 is 0.905 bits per heavy atom. The number of nitrogens with zero attached hydrogens (tertiary/aromatic N) is 2. The number of hydrogen-bond donors (Lipinski definition) is 2. The Hall–Kier alpha value is -3.11. The highest BCUT2D eigenvalue weighted by Gasteiger charge is 2.48. The second-order valence-electron chi connectivity index (χ2n) is 12.6. The Bertz CT molecular complexity index is 1190. The standard InChI is InChI=1S/C27H43N3O12/c1-25(2,3)21(31)39-13-36-12-16-18(37-14-40-22(32)26(4,5)6)19(38-15-41-23(33)27(7,8)9)20(42-16)30-11-10-17(29-35)28-24(30)34/h10-11,16,18-20,35H,12-15H2,1-9H3,(H,28,29,34)/t16-,18-,19-,20-/m1/s1/i20D. The number of carbonyl (C=O) groups excluding carboxylic acids is 3. The first-order valence-electron chi connectivity index (χ1n) is 13.7. The van der Waals surface area contributed by atoms with Crippen LogP contribution in [0.4, 0.5) is 5.82 Å². The fourth-order valence-corrected chi connectivity index (χ4v) is 3.18. The lowest BCUT2D eigenvalue weighted by Gasteiger charge is -2.26. The largest absolute Gasteiger partial charge is 0.438 e. The fourth-order valence-electron chi connectivity index (χ4n) is 3.18. The topological polar surface area (TPSA) is 183 Å². The Balaban J connectivity index is 2.40. The molecule has 0 bridgehead atoms. The van der Waals surface area contributed by atoms with E-state index in [1.807, 2.05) is 0 Å². The molecule has 1 aromatic rings. The van der Waals surface area contributed by atoms with Crippen LogP contribution in [0.1, 0.15) is 69.9 Å². The Morgan fingerprint density at radius 3 is 1.83 bits per heavy atom. The zero-order chi connectivity index (χ0) is 32.8. The average molecular weight is 603 g/mol. The van der Waals surface area contributed by atoms with Crippen LogP contribution in [0, 0.1) is 16.2 Å². The third kappa shape index (κ3) is 10.0. The third-order valence-corrected chi connectivity index (χ3v) is 5.62. The molecule has 0 unspecified atom stereocenters. The van der Waals surface area contributed by atoms with E-state index in [1.54, 1.807) is 67.8 Å². The number of hydrogen-bond acceptors (Lipinski definition) is 14. The van der Waals surface area contributed by atoms with Gasteiger partial charge in [-0.3, -0.25) is 29.6 Å². The summed E-state index contributed by atoms with van der Waals surface area (Å²) < 4.78 is 48.6. The van der Waals surface area contributed by atoms with Crippen LogP contribution in [0.2, 0.25) is 0 Å². The molecule has 15 heteroatoms. The maximum absolute atomic E-state index is 12.9. The second-order valence-corrected chi connectivity index (χ2v) is 12.6. The minimum Gasteiger partial charge on any atom is -0.438 e. The molecule has 238 valence electrons. The summed E-state index contributed by atoms with van der Waals surface area (Å²) in [5.74, 6) is -1.89. The van der Waals surface area contributed by atoms with Gasteiger partial charge in [-0.1, -0.05) is 0 Å². The van der Waals surface area contributed by atoms with Crippen molar-refractivity contribution in [1.82, 2.24) is 9.55 Å². The van der Waals surface area contributed by atoms with Gasteiger partial charge in [-0.05, 0) is 68.4 Å². The predicted molar refractivity (Wildman–Crippen MR) is 145 cm³/mol. The minimum atomic E-state index is -2.39. The summed E-state index contributed by atoms with van der Waals surface area (Å²) in [4.78, 5) is 53.3. The molecule has 2 N–H and O–H groups in total. The van der Waals surface area contributed by atoms with E-state index in [0.29, 0.717) is 0 Å². The van der Waals surface area contributed by atoms with Gasteiger partial charge < -0.3 is 33.2 Å². The fraction of sp³-hybridized carbons (Fsp3) is 0.741. The molecule has 1 saturated heterocycles. The first-order chi connectivity index (χ1) is 19.7. The van der Waals surface area contributed by atoms with Crippen molar-refractivity contribution in [3.05, 3.63) is 22.7 Å². The molecular formula is C27H43N3O12. The molecule has 0 saturated carbocycles. The summed E-state index contributed by atoms with van der Waals surface area (Å²) in [5, 5.41) is 9.14. The Kier molecular flexibility index (Phi) is 11.4. The highest BCUT2D eigenvalue weighted by Crippen LogP contribution is 2.34. The summed E-state index contributed by atoms with van der Waals surface area (Å²) in [6, 6.07) is 1.20. The SMILES string of the molecule is [2H][C@@]1(n2ccc(NO)nc2=O)O[C@H](COCOC(=O)C(C)(C)C)[C@@H](OCOC(=O)C(C)(C)C)[C@H]1OCOC(=O)C(C)(C)C. The molecule has 0 radical (unpaired) electrons. The van der Waals surface area contributed by atoms with Crippen LogP contribution < -0.4 is 11.2 Å². The number of esters is 3. The van der Waals surface area contributed by atoms with E-state index in [2.05, 4.69) is 4.98 Å². The van der Waals surface area contributed by atoms with E-state index in [9.17, 15) is 20.5 Å². The van der Waals surface area contributed by atoms with Crippen LogP contribution in [-0.4, -0.2) is 78.0 Å². The molecule has 0 aromatic carbocycles. The maximum atomic E-state index is 12.9. The van der Waals surface area contributed by atoms with Gasteiger partial charge in [0.2, 0.25) is 0 Å². The second kappa shape index (κ2) is 14.4. The molecule has 1 aliphatic heterocycles. The molecule has 1 aromatic heterocycles. The van der Waals surface area contributed by atoms with E-state index in [-0.39, 0.29) is 12.4 Å². The number of ether oxygens (including phenoxy) is 7. The van der Waals surface area contributed by atoms with Crippen LogP contribution >= 0.6 is 0 Å². The molecule has 1 fully saturated rings. The van der Waals surface area contributed by atoms with Gasteiger partial charge >= 0.3 is 23.6 Å². The summed E-state index contributed by atoms with van der Waals surface area (Å²) >= 11 is 0. The molecule has 2 heterocycles. The lowest BCUT2D eigenvalue weighted by Crippen LogP contribution is -2.41. The normalized spacial score (nSPS) is 23.2. The van der Waals surface area contributed by atoms with Gasteiger partial charge in [0.05, 0.1) is 24.2 Å². The molecule has 1 aliphatic rings. The molecule has 2 rings (SSSR count). The number of nitrogens with one attached hydrogen (secondary N) is 1. The van der Waals surface area contributed by atoms with Crippen molar-refractivity contribution < 1.29 is 54.1 Å². The van der Waals surface area contributed by atoms with Crippen LogP contribution in [-0.2, 0) is 47.5 Å². The molecule has 4 atom stereocenters. The van der Waals surface area contributed by atoms with Gasteiger partial charge in [-0.2, -0.15) is 4.98 Å². The number of carbonyl (C=O) groups is 3. The van der Waals surface area contributed by atoms with Crippen LogP contribution in [0.3, 0.4) is 0 Å². The van der Waals surface area contributed by atoms with Gasteiger partial charge in [0.25, 0.3) is 0 Å². The molecular weight excluding hydrogens is 558 g/mol. The predicted octanol–water partition coefficient (Wildman–Crippen LogP) is 2.37. The van der Waals surface area contributed by atoms with Gasteiger partial charge in [0, 0.05) is 6.20 Å². The van der Waals surface area contributed by atoms with Crippen LogP contribution in [0.15, 0.2) is 17.1 Å². The number of anilines is 1. The number of aromatic nitrogens is 2. The van der Waals surface area contributed by atoms with E-state index in [0.717, 1.165) is 10.8 Å². The third-order valence-electron chi connectivity index (χ3n) is 5.62. The van der Waals surface area contributed by atoms with Crippen LogP contribution in [0.25, 0.3) is 0 Å². The van der Waals surface area contributed by atoms with Gasteiger partial charge in [-0.25, -0.2) is 4.79 Å². The lowest BCUT2D eigenvalue weighted by atomic mass is 9.97. The Morgan fingerprint density at radius 2 is 1.38 bits per heavy atom. The van der Waals surface area contributed by atoms with Crippen molar-refractivity contribution in [2.45, 2.75) is 86.8 Å². The van der Waals surface area contributed by atoms with Gasteiger partial charge in [0.1, 0.15) is 18.3 Å². The lowest BCUT2D eigenvalue weighted by molar-refractivity contribution is -0.194. The van der Waals surface area contributed by atoms with Crippen molar-refractivity contribution in [2.24, 2.45) is 16.2 Å². The summed E-state index contributed by atoms with van der Waals surface area (Å²) in [6.07, 6.45) is -5.17. The molecule has 0 spiro atoms. The summed E-state index contributed by atoms with van der Waals surface area (Å²) in [5.41, 5.74) is -1.74. The van der Waals surface area contributed by atoms with E-state index in [1.165, 1.54) is 6.07 Å². The monoisotopic (exact) mass is 602 g/mol. The highest BCUT2D eigenvalue weighted by atomic mass is 16.7. The zero-order valence-electron chi connectivity index (χ0n) is 26.5. The highest BCUT2D eigenvalue weighted by molar-refractivity contribution is 5.76. The zero-order valence-corrected chi connectivity index (χ0v) is 25.5. The van der Waals surface area contributed by atoms with Crippen molar-refractivity contribution >= 4 is 23.7 Å². The van der Waals surface area contributed by atoms with Crippen molar-refractivity contribution in [2.75, 3.05) is 32.5 Å². The van der Waals surface area contributed by atoms with Crippen molar-refractivity contribution in [3.8, 4) is 0 Å². The van der Waals surface area contributed by atoms with Gasteiger partial charge in [0.15, 0.2) is 32.4 Å². The average Bonchev–Trinajstić information content (AvgIpc) is 3.15. The molecule has 0 aliphatic carbocycles. The quantitative estimate of drug-likeness (QED) is 0.117. The molecule has 42 heavy (non-hydrogen) atoms. The molecule has 15 nitrogen and oxygen atoms in total. The minimum absolute atomic E-state index is 0.193. The summed E-state index contributed by atoms with van der Waals surface area (Å²) in [7, 11) is 0. The van der Waals surface area contributed by atoms with E-state index in [4.69, 9.17) is 38.4 Å². The first-order valence-corrected chi connectivity index (χ1v) is 13.2.